The Morgan fingerprint density at radius 2 is 1.72 bits per heavy atom. The van der Waals surface area contributed by atoms with Crippen LogP contribution in [-0.4, -0.2) is 19.9 Å². The highest BCUT2D eigenvalue weighted by Crippen LogP contribution is 2.39. The molecule has 3 aromatic rings. The summed E-state index contributed by atoms with van der Waals surface area (Å²) in [5.74, 6) is 0.687. The van der Waals surface area contributed by atoms with Gasteiger partial charge in [0.05, 0.1) is 11.4 Å². The predicted octanol–water partition coefficient (Wildman–Crippen LogP) is 3.93. The van der Waals surface area contributed by atoms with Crippen LogP contribution in [0.2, 0.25) is 0 Å². The maximum atomic E-state index is 4.61. The van der Waals surface area contributed by atoms with Gasteiger partial charge in [-0.15, -0.1) is 0 Å². The van der Waals surface area contributed by atoms with E-state index < -0.39 is 0 Å². The minimum atomic E-state index is 0.687. The van der Waals surface area contributed by atoms with Crippen molar-refractivity contribution < 1.29 is 0 Å². The van der Waals surface area contributed by atoms with Gasteiger partial charge in [0.15, 0.2) is 0 Å². The molecule has 5 rings (SSSR count). The normalized spacial score (nSPS) is 16.8. The highest BCUT2D eigenvalue weighted by molar-refractivity contribution is 5.58. The van der Waals surface area contributed by atoms with Gasteiger partial charge >= 0.3 is 0 Å². The SMILES string of the molecule is c1ccc2c(c1)CN(Cc1cc(-c3ccc(C4CC4)nc3)ncn1)C2. The summed E-state index contributed by atoms with van der Waals surface area (Å²) in [6.07, 6.45) is 6.18. The van der Waals surface area contributed by atoms with Crippen molar-refractivity contribution in [3.63, 3.8) is 0 Å². The smallest absolute Gasteiger partial charge is 0.116 e. The molecule has 1 aliphatic heterocycles. The number of rotatable bonds is 4. The van der Waals surface area contributed by atoms with E-state index in [1.807, 2.05) is 6.20 Å². The summed E-state index contributed by atoms with van der Waals surface area (Å²) in [7, 11) is 0. The van der Waals surface area contributed by atoms with Gasteiger partial charge in [-0.25, -0.2) is 9.97 Å². The van der Waals surface area contributed by atoms with E-state index in [-0.39, 0.29) is 0 Å². The lowest BCUT2D eigenvalue weighted by molar-refractivity contribution is 0.272. The van der Waals surface area contributed by atoms with Gasteiger partial charge in [0, 0.05) is 43.0 Å². The third-order valence-electron chi connectivity index (χ3n) is 5.09. The topological polar surface area (TPSA) is 41.9 Å². The molecule has 3 heterocycles. The fourth-order valence-corrected chi connectivity index (χ4v) is 3.56. The van der Waals surface area contributed by atoms with E-state index in [9.17, 15) is 0 Å². The van der Waals surface area contributed by atoms with Crippen molar-refractivity contribution in [3.05, 3.63) is 77.5 Å². The highest BCUT2D eigenvalue weighted by atomic mass is 15.1. The molecule has 124 valence electrons. The monoisotopic (exact) mass is 328 g/mol. The number of hydrogen-bond acceptors (Lipinski definition) is 4. The van der Waals surface area contributed by atoms with Crippen LogP contribution in [0.3, 0.4) is 0 Å². The molecule has 25 heavy (non-hydrogen) atoms. The van der Waals surface area contributed by atoms with Crippen molar-refractivity contribution >= 4 is 0 Å². The van der Waals surface area contributed by atoms with E-state index in [1.54, 1.807) is 6.33 Å². The molecular weight excluding hydrogens is 308 g/mol. The van der Waals surface area contributed by atoms with Crippen LogP contribution >= 0.6 is 0 Å². The summed E-state index contributed by atoms with van der Waals surface area (Å²) in [4.78, 5) is 15.9. The predicted molar refractivity (Wildman–Crippen MR) is 96.6 cm³/mol. The van der Waals surface area contributed by atoms with Gasteiger partial charge in [0.25, 0.3) is 0 Å². The van der Waals surface area contributed by atoms with Gasteiger partial charge in [0.1, 0.15) is 6.33 Å². The summed E-state index contributed by atoms with van der Waals surface area (Å²) >= 11 is 0. The Labute approximate surface area is 147 Å². The molecule has 0 atom stereocenters. The Bertz CT molecular complexity index is 875. The van der Waals surface area contributed by atoms with E-state index in [2.05, 4.69) is 62.3 Å². The van der Waals surface area contributed by atoms with Crippen LogP contribution in [-0.2, 0) is 19.6 Å². The summed E-state index contributed by atoms with van der Waals surface area (Å²) in [6.45, 7) is 2.83. The summed E-state index contributed by atoms with van der Waals surface area (Å²) in [6, 6.07) is 15.0. The Balaban J connectivity index is 1.33. The molecule has 0 saturated heterocycles. The van der Waals surface area contributed by atoms with Gasteiger partial charge < -0.3 is 0 Å². The maximum absolute atomic E-state index is 4.61. The van der Waals surface area contributed by atoms with Crippen LogP contribution in [0.1, 0.15) is 41.3 Å². The molecule has 4 heteroatoms. The molecular formula is C21H20N4. The molecule has 2 aromatic heterocycles. The zero-order valence-electron chi connectivity index (χ0n) is 14.1. The first-order valence-corrected chi connectivity index (χ1v) is 8.91. The van der Waals surface area contributed by atoms with Crippen molar-refractivity contribution in [3.8, 4) is 11.3 Å². The van der Waals surface area contributed by atoms with Crippen LogP contribution in [0.25, 0.3) is 11.3 Å². The second kappa shape index (κ2) is 6.05. The highest BCUT2D eigenvalue weighted by Gasteiger charge is 2.24. The lowest BCUT2D eigenvalue weighted by atomic mass is 10.1. The number of nitrogens with zero attached hydrogens (tertiary/aromatic N) is 4. The Hall–Kier alpha value is -2.59. The summed E-state index contributed by atoms with van der Waals surface area (Å²) in [5, 5.41) is 0. The first-order chi connectivity index (χ1) is 12.3. The number of hydrogen-bond donors (Lipinski definition) is 0. The largest absolute Gasteiger partial charge is 0.289 e. The molecule has 0 bridgehead atoms. The molecule has 0 N–H and O–H groups in total. The van der Waals surface area contributed by atoms with E-state index in [4.69, 9.17) is 0 Å². The molecule has 4 nitrogen and oxygen atoms in total. The summed E-state index contributed by atoms with van der Waals surface area (Å²) in [5.41, 5.74) is 7.15. The second-order valence-electron chi connectivity index (χ2n) is 7.05. The summed E-state index contributed by atoms with van der Waals surface area (Å²) < 4.78 is 0. The van der Waals surface area contributed by atoms with E-state index in [0.29, 0.717) is 5.92 Å². The third kappa shape index (κ3) is 3.05. The molecule has 1 aromatic carbocycles. The fourth-order valence-electron chi connectivity index (χ4n) is 3.56. The second-order valence-corrected chi connectivity index (χ2v) is 7.05. The maximum Gasteiger partial charge on any atom is 0.116 e. The zero-order chi connectivity index (χ0) is 16.6. The Morgan fingerprint density at radius 3 is 2.40 bits per heavy atom. The van der Waals surface area contributed by atoms with E-state index >= 15 is 0 Å². The van der Waals surface area contributed by atoms with Crippen LogP contribution in [0, 0.1) is 0 Å². The Kier molecular flexibility index (Phi) is 3.56. The molecule has 0 amide bonds. The van der Waals surface area contributed by atoms with Crippen LogP contribution in [0.15, 0.2) is 55.0 Å². The average Bonchev–Trinajstić information content (AvgIpc) is 3.42. The minimum absolute atomic E-state index is 0.687. The molecule has 0 spiro atoms. The average molecular weight is 328 g/mol. The lowest BCUT2D eigenvalue weighted by Gasteiger charge is -2.14. The molecule has 0 radical (unpaired) electrons. The minimum Gasteiger partial charge on any atom is -0.289 e. The number of fused-ring (bicyclic) bond motifs is 1. The van der Waals surface area contributed by atoms with Crippen LogP contribution in [0.5, 0.6) is 0 Å². The first-order valence-electron chi connectivity index (χ1n) is 8.91. The van der Waals surface area contributed by atoms with Crippen LogP contribution < -0.4 is 0 Å². The van der Waals surface area contributed by atoms with Crippen LogP contribution in [0.4, 0.5) is 0 Å². The third-order valence-corrected chi connectivity index (χ3v) is 5.09. The lowest BCUT2D eigenvalue weighted by Crippen LogP contribution is -2.16. The quantitative estimate of drug-likeness (QED) is 0.728. The standard InChI is InChI=1S/C21H20N4/c1-2-4-18-12-25(11-17(18)3-1)13-19-9-21(24-14-23-19)16-7-8-20(22-10-16)15-5-6-15/h1-4,7-10,14-15H,5-6,11-13H2. The molecule has 1 fully saturated rings. The number of pyridine rings is 1. The van der Waals surface area contributed by atoms with Crippen molar-refractivity contribution in [2.75, 3.05) is 0 Å². The van der Waals surface area contributed by atoms with Crippen molar-refractivity contribution in [1.82, 2.24) is 19.9 Å². The van der Waals surface area contributed by atoms with E-state index in [0.717, 1.165) is 36.6 Å². The van der Waals surface area contributed by atoms with Gasteiger partial charge in [-0.1, -0.05) is 24.3 Å². The van der Waals surface area contributed by atoms with E-state index in [1.165, 1.54) is 29.7 Å². The van der Waals surface area contributed by atoms with Crippen molar-refractivity contribution in [2.24, 2.45) is 0 Å². The molecule has 1 aliphatic carbocycles. The molecule has 2 aliphatic rings. The van der Waals surface area contributed by atoms with Crippen molar-refractivity contribution in [2.45, 2.75) is 38.4 Å². The van der Waals surface area contributed by atoms with Crippen molar-refractivity contribution in [1.29, 1.82) is 0 Å². The number of benzene rings is 1. The fraction of sp³-hybridized carbons (Fsp3) is 0.286. The zero-order valence-corrected chi connectivity index (χ0v) is 14.1. The number of aromatic nitrogens is 3. The first kappa shape index (κ1) is 14.7. The Morgan fingerprint density at radius 1 is 0.920 bits per heavy atom. The molecule has 0 unspecified atom stereocenters. The van der Waals surface area contributed by atoms with Gasteiger partial charge in [-0.3, -0.25) is 9.88 Å². The molecule has 1 saturated carbocycles. The van der Waals surface area contributed by atoms with Gasteiger partial charge in [-0.05, 0) is 42.2 Å². The van der Waals surface area contributed by atoms with Gasteiger partial charge in [0.2, 0.25) is 0 Å². The van der Waals surface area contributed by atoms with Gasteiger partial charge in [-0.2, -0.15) is 0 Å².